The molecule has 0 aliphatic heterocycles. The van der Waals surface area contributed by atoms with Crippen molar-refractivity contribution in [3.8, 4) is 0 Å². The van der Waals surface area contributed by atoms with E-state index in [4.69, 9.17) is 0 Å². The second-order valence-electron chi connectivity index (χ2n) is 6.06. The topological polar surface area (TPSA) is 63.6 Å². The molecule has 0 aliphatic rings. The van der Waals surface area contributed by atoms with Gasteiger partial charge in [-0.05, 0) is 18.6 Å². The SMILES string of the molecule is Cc1nnc(SCC(=O)c2c[nH]c3ccccc23)n1Cc1ccccc1. The van der Waals surface area contributed by atoms with E-state index in [1.54, 1.807) is 6.20 Å². The van der Waals surface area contributed by atoms with Crippen LogP contribution in [0.4, 0.5) is 0 Å². The average molecular weight is 362 g/mol. The number of para-hydroxylation sites is 1. The standard InChI is InChI=1S/C20H18N4OS/c1-14-22-23-20(24(14)12-15-7-3-2-4-8-15)26-13-19(25)17-11-21-18-10-6-5-9-16(17)18/h2-11,21H,12-13H2,1H3. The van der Waals surface area contributed by atoms with Gasteiger partial charge in [-0.25, -0.2) is 0 Å². The van der Waals surface area contributed by atoms with E-state index in [1.807, 2.05) is 54.0 Å². The number of thioether (sulfide) groups is 1. The number of nitrogens with zero attached hydrogens (tertiary/aromatic N) is 3. The lowest BCUT2D eigenvalue weighted by Crippen LogP contribution is -2.06. The number of fused-ring (bicyclic) bond motifs is 1. The summed E-state index contributed by atoms with van der Waals surface area (Å²) in [6.45, 7) is 2.63. The van der Waals surface area contributed by atoms with Crippen LogP contribution in [0, 0.1) is 6.92 Å². The third kappa shape index (κ3) is 3.28. The number of rotatable bonds is 6. The van der Waals surface area contributed by atoms with E-state index in [9.17, 15) is 4.79 Å². The molecule has 4 aromatic rings. The molecule has 0 saturated heterocycles. The van der Waals surface area contributed by atoms with Gasteiger partial charge in [0.15, 0.2) is 10.9 Å². The first-order chi connectivity index (χ1) is 12.7. The predicted octanol–water partition coefficient (Wildman–Crippen LogP) is 4.09. The summed E-state index contributed by atoms with van der Waals surface area (Å²) < 4.78 is 2.04. The zero-order chi connectivity index (χ0) is 17.9. The van der Waals surface area contributed by atoms with Crippen LogP contribution in [-0.2, 0) is 6.54 Å². The van der Waals surface area contributed by atoms with Gasteiger partial charge in [-0.15, -0.1) is 10.2 Å². The van der Waals surface area contributed by atoms with Crippen LogP contribution in [0.2, 0.25) is 0 Å². The molecule has 0 atom stereocenters. The second-order valence-corrected chi connectivity index (χ2v) is 7.00. The van der Waals surface area contributed by atoms with Crippen molar-refractivity contribution in [1.82, 2.24) is 19.7 Å². The van der Waals surface area contributed by atoms with Crippen molar-refractivity contribution in [3.05, 3.63) is 77.7 Å². The van der Waals surface area contributed by atoms with Gasteiger partial charge >= 0.3 is 0 Å². The molecule has 130 valence electrons. The molecule has 0 amide bonds. The first-order valence-electron chi connectivity index (χ1n) is 8.38. The summed E-state index contributed by atoms with van der Waals surface area (Å²) in [6.07, 6.45) is 1.79. The van der Waals surface area contributed by atoms with Gasteiger partial charge in [0, 0.05) is 22.7 Å². The Labute approximate surface area is 155 Å². The highest BCUT2D eigenvalue weighted by atomic mass is 32.2. The summed E-state index contributed by atoms with van der Waals surface area (Å²) in [6, 6.07) is 18.0. The molecule has 0 aliphatic carbocycles. The highest BCUT2D eigenvalue weighted by Crippen LogP contribution is 2.23. The van der Waals surface area contributed by atoms with Crippen LogP contribution in [-0.4, -0.2) is 31.3 Å². The summed E-state index contributed by atoms with van der Waals surface area (Å²) in [5.41, 5.74) is 2.88. The van der Waals surface area contributed by atoms with Crippen LogP contribution in [0.5, 0.6) is 0 Å². The highest BCUT2D eigenvalue weighted by Gasteiger charge is 2.15. The fourth-order valence-corrected chi connectivity index (χ4v) is 3.79. The van der Waals surface area contributed by atoms with E-state index in [0.29, 0.717) is 12.3 Å². The smallest absolute Gasteiger partial charge is 0.191 e. The number of nitrogens with one attached hydrogen (secondary N) is 1. The van der Waals surface area contributed by atoms with Crippen LogP contribution in [0.3, 0.4) is 0 Å². The van der Waals surface area contributed by atoms with Gasteiger partial charge in [-0.1, -0.05) is 60.3 Å². The normalized spacial score (nSPS) is 11.1. The van der Waals surface area contributed by atoms with Gasteiger partial charge in [0.05, 0.1) is 12.3 Å². The van der Waals surface area contributed by atoms with Crippen LogP contribution in [0.15, 0.2) is 66.0 Å². The van der Waals surface area contributed by atoms with Crippen molar-refractivity contribution in [2.75, 3.05) is 5.75 Å². The largest absolute Gasteiger partial charge is 0.360 e. The molecule has 0 radical (unpaired) electrons. The van der Waals surface area contributed by atoms with Gasteiger partial charge in [0.25, 0.3) is 0 Å². The molecule has 4 rings (SSSR count). The fourth-order valence-electron chi connectivity index (χ4n) is 2.93. The van der Waals surface area contributed by atoms with Crippen LogP contribution in [0.1, 0.15) is 21.7 Å². The Morgan fingerprint density at radius 3 is 2.69 bits per heavy atom. The molecule has 6 heteroatoms. The number of hydrogen-bond acceptors (Lipinski definition) is 4. The lowest BCUT2D eigenvalue weighted by molar-refractivity contribution is 0.102. The third-order valence-corrected chi connectivity index (χ3v) is 5.27. The minimum absolute atomic E-state index is 0.0827. The number of hydrogen-bond donors (Lipinski definition) is 1. The quantitative estimate of drug-likeness (QED) is 0.414. The van der Waals surface area contributed by atoms with Gasteiger partial charge in [-0.2, -0.15) is 0 Å². The molecule has 2 aromatic heterocycles. The Morgan fingerprint density at radius 1 is 1.08 bits per heavy atom. The molecule has 0 bridgehead atoms. The van der Waals surface area contributed by atoms with Gasteiger partial charge in [0.2, 0.25) is 0 Å². The van der Waals surface area contributed by atoms with E-state index < -0.39 is 0 Å². The van der Waals surface area contributed by atoms with Gasteiger partial charge in [-0.3, -0.25) is 4.79 Å². The number of carbonyl (C=O) groups is 1. The van der Waals surface area contributed by atoms with Crippen LogP contribution in [0.25, 0.3) is 10.9 Å². The number of benzene rings is 2. The first kappa shape index (κ1) is 16.6. The summed E-state index contributed by atoms with van der Waals surface area (Å²) in [5.74, 6) is 1.25. The summed E-state index contributed by atoms with van der Waals surface area (Å²) in [5, 5.41) is 10.1. The molecule has 26 heavy (non-hydrogen) atoms. The van der Waals surface area contributed by atoms with E-state index in [0.717, 1.165) is 27.4 Å². The third-order valence-electron chi connectivity index (χ3n) is 4.31. The van der Waals surface area contributed by atoms with Crippen LogP contribution >= 0.6 is 11.8 Å². The molecule has 0 unspecified atom stereocenters. The van der Waals surface area contributed by atoms with E-state index in [1.165, 1.54) is 17.3 Å². The van der Waals surface area contributed by atoms with Crippen molar-refractivity contribution in [1.29, 1.82) is 0 Å². The lowest BCUT2D eigenvalue weighted by Gasteiger charge is -2.08. The van der Waals surface area contributed by atoms with Crippen molar-refractivity contribution in [2.45, 2.75) is 18.6 Å². The Balaban J connectivity index is 1.51. The van der Waals surface area contributed by atoms with E-state index >= 15 is 0 Å². The number of aromatic amines is 1. The summed E-state index contributed by atoms with van der Waals surface area (Å²) in [7, 11) is 0. The first-order valence-corrected chi connectivity index (χ1v) is 9.37. The summed E-state index contributed by atoms with van der Waals surface area (Å²) in [4.78, 5) is 15.8. The maximum atomic E-state index is 12.7. The second kappa shape index (κ2) is 7.17. The molecule has 1 N–H and O–H groups in total. The van der Waals surface area contributed by atoms with Gasteiger partial charge in [0.1, 0.15) is 5.82 Å². The van der Waals surface area contributed by atoms with Crippen molar-refractivity contribution >= 4 is 28.4 Å². The molecular weight excluding hydrogens is 344 g/mol. The van der Waals surface area contributed by atoms with Gasteiger partial charge < -0.3 is 9.55 Å². The Kier molecular flexibility index (Phi) is 4.58. The number of H-pyrrole nitrogens is 1. The molecule has 2 heterocycles. The van der Waals surface area contributed by atoms with Crippen molar-refractivity contribution in [2.24, 2.45) is 0 Å². The fraction of sp³-hybridized carbons (Fsp3) is 0.150. The average Bonchev–Trinajstić information content (AvgIpc) is 3.25. The molecule has 5 nitrogen and oxygen atoms in total. The molecule has 0 fully saturated rings. The molecule has 0 spiro atoms. The Bertz CT molecular complexity index is 1050. The molecule has 0 saturated carbocycles. The van der Waals surface area contributed by atoms with Crippen molar-refractivity contribution in [3.63, 3.8) is 0 Å². The Morgan fingerprint density at radius 2 is 1.85 bits per heavy atom. The number of ketones is 1. The number of Topliss-reactive ketones (excluding diaryl/α,β-unsaturated/α-hetero) is 1. The summed E-state index contributed by atoms with van der Waals surface area (Å²) >= 11 is 1.43. The zero-order valence-electron chi connectivity index (χ0n) is 14.3. The monoisotopic (exact) mass is 362 g/mol. The maximum absolute atomic E-state index is 12.7. The number of aromatic nitrogens is 4. The lowest BCUT2D eigenvalue weighted by atomic mass is 10.1. The minimum atomic E-state index is 0.0827. The van der Waals surface area contributed by atoms with E-state index in [2.05, 4.69) is 27.3 Å². The maximum Gasteiger partial charge on any atom is 0.191 e. The Hall–Kier alpha value is -2.86. The van der Waals surface area contributed by atoms with E-state index in [-0.39, 0.29) is 5.78 Å². The minimum Gasteiger partial charge on any atom is -0.360 e. The van der Waals surface area contributed by atoms with Crippen molar-refractivity contribution < 1.29 is 4.79 Å². The number of aryl methyl sites for hydroxylation is 1. The molecular formula is C20H18N4OS. The zero-order valence-corrected chi connectivity index (χ0v) is 15.2. The highest BCUT2D eigenvalue weighted by molar-refractivity contribution is 7.99. The predicted molar refractivity (Wildman–Crippen MR) is 104 cm³/mol. The number of carbonyl (C=O) groups excluding carboxylic acids is 1. The molecule has 2 aromatic carbocycles. The van der Waals surface area contributed by atoms with Crippen LogP contribution < -0.4 is 0 Å².